The van der Waals surface area contributed by atoms with Gasteiger partial charge in [-0.15, -0.1) is 0 Å². The summed E-state index contributed by atoms with van der Waals surface area (Å²) in [7, 11) is 0. The van der Waals surface area contributed by atoms with E-state index in [1.807, 2.05) is 18.2 Å². The molecule has 0 aliphatic heterocycles. The van der Waals surface area contributed by atoms with Crippen LogP contribution in [0, 0.1) is 0 Å². The van der Waals surface area contributed by atoms with Crippen molar-refractivity contribution in [2.75, 3.05) is 0 Å². The summed E-state index contributed by atoms with van der Waals surface area (Å²) in [6.45, 7) is 0. The summed E-state index contributed by atoms with van der Waals surface area (Å²) in [6.07, 6.45) is 0. The lowest BCUT2D eigenvalue weighted by molar-refractivity contribution is 1.19. The molecule has 1 aromatic heterocycles. The summed E-state index contributed by atoms with van der Waals surface area (Å²) < 4.78 is 0. The molecular weight excluding hydrogens is 581 g/mol. The number of aromatic nitrogens is 2. The third-order valence-electron chi connectivity index (χ3n) is 9.27. The predicted molar refractivity (Wildman–Crippen MR) is 202 cm³/mol. The second-order valence-corrected chi connectivity index (χ2v) is 12.2. The van der Waals surface area contributed by atoms with Crippen molar-refractivity contribution in [3.05, 3.63) is 182 Å². The summed E-state index contributed by atoms with van der Waals surface area (Å²) in [6, 6.07) is 64.5. The average Bonchev–Trinajstić information content (AvgIpc) is 3.17. The van der Waals surface area contributed by atoms with Crippen LogP contribution in [0.1, 0.15) is 0 Å². The van der Waals surface area contributed by atoms with Gasteiger partial charge in [-0.2, -0.15) is 0 Å². The molecule has 0 unspecified atom stereocenters. The monoisotopic (exact) mass is 610 g/mol. The van der Waals surface area contributed by atoms with Crippen molar-refractivity contribution in [3.63, 3.8) is 0 Å². The predicted octanol–water partition coefficient (Wildman–Crippen LogP) is 12.3. The normalized spacial score (nSPS) is 11.3. The third kappa shape index (κ3) is 4.92. The topological polar surface area (TPSA) is 25.8 Å². The summed E-state index contributed by atoms with van der Waals surface area (Å²) in [4.78, 5) is 10.5. The van der Waals surface area contributed by atoms with Gasteiger partial charge >= 0.3 is 0 Å². The molecule has 0 aliphatic carbocycles. The quantitative estimate of drug-likeness (QED) is 0.143. The van der Waals surface area contributed by atoms with E-state index in [9.17, 15) is 0 Å². The lowest BCUT2D eigenvalue weighted by atomic mass is 9.90. The van der Waals surface area contributed by atoms with E-state index in [4.69, 9.17) is 9.97 Å². The lowest BCUT2D eigenvalue weighted by Crippen LogP contribution is -1.98. The Morgan fingerprint density at radius 2 is 0.875 bits per heavy atom. The van der Waals surface area contributed by atoms with Crippen LogP contribution in [-0.2, 0) is 0 Å². The van der Waals surface area contributed by atoms with Gasteiger partial charge in [-0.1, -0.05) is 164 Å². The van der Waals surface area contributed by atoms with Crippen molar-refractivity contribution >= 4 is 32.3 Å². The van der Waals surface area contributed by atoms with E-state index in [-0.39, 0.29) is 0 Å². The zero-order valence-electron chi connectivity index (χ0n) is 26.2. The number of benzene rings is 8. The maximum absolute atomic E-state index is 5.31. The van der Waals surface area contributed by atoms with E-state index in [2.05, 4.69) is 164 Å². The first-order valence-electron chi connectivity index (χ1n) is 16.3. The molecule has 9 rings (SSSR count). The number of fused-ring (bicyclic) bond motifs is 4. The fourth-order valence-corrected chi connectivity index (χ4v) is 6.97. The van der Waals surface area contributed by atoms with Crippen LogP contribution in [0.2, 0.25) is 0 Å². The van der Waals surface area contributed by atoms with E-state index in [0.717, 1.165) is 28.1 Å². The highest BCUT2D eigenvalue weighted by Crippen LogP contribution is 2.41. The molecule has 0 amide bonds. The van der Waals surface area contributed by atoms with Gasteiger partial charge in [-0.25, -0.2) is 9.97 Å². The number of hydrogen-bond acceptors (Lipinski definition) is 2. The molecule has 48 heavy (non-hydrogen) atoms. The minimum absolute atomic E-state index is 0.707. The maximum atomic E-state index is 5.31. The Morgan fingerprint density at radius 1 is 0.292 bits per heavy atom. The Morgan fingerprint density at radius 3 is 1.60 bits per heavy atom. The van der Waals surface area contributed by atoms with Crippen LogP contribution >= 0.6 is 0 Å². The van der Waals surface area contributed by atoms with Crippen LogP contribution in [-0.4, -0.2) is 9.97 Å². The summed E-state index contributed by atoms with van der Waals surface area (Å²) >= 11 is 0. The van der Waals surface area contributed by atoms with Crippen molar-refractivity contribution in [2.45, 2.75) is 0 Å². The molecule has 0 aliphatic rings. The van der Waals surface area contributed by atoms with Gasteiger partial charge in [0.2, 0.25) is 0 Å². The van der Waals surface area contributed by atoms with Crippen LogP contribution in [0.4, 0.5) is 0 Å². The highest BCUT2D eigenvalue weighted by Gasteiger charge is 2.18. The lowest BCUT2D eigenvalue weighted by Gasteiger charge is -2.16. The first-order valence-corrected chi connectivity index (χ1v) is 16.3. The highest BCUT2D eigenvalue weighted by molar-refractivity contribution is 6.19. The first kappa shape index (κ1) is 27.9. The first-order chi connectivity index (χ1) is 23.8. The molecule has 0 radical (unpaired) electrons. The molecule has 0 bridgehead atoms. The van der Waals surface area contributed by atoms with E-state index in [1.54, 1.807) is 0 Å². The van der Waals surface area contributed by atoms with E-state index >= 15 is 0 Å². The van der Waals surface area contributed by atoms with Gasteiger partial charge in [0.15, 0.2) is 5.82 Å². The van der Waals surface area contributed by atoms with Crippen LogP contribution in [0.25, 0.3) is 88.5 Å². The molecule has 224 valence electrons. The Hall–Kier alpha value is -6.38. The standard InChI is InChI=1S/C46H30N2/c1-4-14-31(15-5-1)38-26-25-36(29-41(38)32-16-6-2-7-17-32)43-30-44(48-46(47-43)34-19-8-3-9-20-34)45-39-23-13-11-21-35(39)28-42-37-22-12-10-18-33(37)24-27-40(42)45/h1-30H. The Labute approximate surface area is 279 Å². The fourth-order valence-electron chi connectivity index (χ4n) is 6.97. The summed E-state index contributed by atoms with van der Waals surface area (Å²) in [5.74, 6) is 0.707. The summed E-state index contributed by atoms with van der Waals surface area (Å²) in [5, 5.41) is 7.24. The maximum Gasteiger partial charge on any atom is 0.160 e. The van der Waals surface area contributed by atoms with Gasteiger partial charge in [-0.3, -0.25) is 0 Å². The highest BCUT2D eigenvalue weighted by atomic mass is 14.9. The molecule has 8 aromatic carbocycles. The van der Waals surface area contributed by atoms with Crippen molar-refractivity contribution < 1.29 is 0 Å². The Bertz CT molecular complexity index is 2590. The molecular formula is C46H30N2. The summed E-state index contributed by atoms with van der Waals surface area (Å²) in [5.41, 5.74) is 9.66. The molecule has 0 fully saturated rings. The molecule has 0 spiro atoms. The van der Waals surface area contributed by atoms with E-state index in [0.29, 0.717) is 5.82 Å². The minimum atomic E-state index is 0.707. The van der Waals surface area contributed by atoms with Crippen LogP contribution < -0.4 is 0 Å². The third-order valence-corrected chi connectivity index (χ3v) is 9.27. The van der Waals surface area contributed by atoms with Crippen molar-refractivity contribution in [1.82, 2.24) is 9.97 Å². The SMILES string of the molecule is c1ccc(-c2nc(-c3ccc(-c4ccccc4)c(-c4ccccc4)c3)cc(-c3c4ccccc4cc4c3ccc3ccccc34)n2)cc1. The minimum Gasteiger partial charge on any atom is -0.228 e. The largest absolute Gasteiger partial charge is 0.228 e. The van der Waals surface area contributed by atoms with Crippen molar-refractivity contribution in [2.24, 2.45) is 0 Å². The fraction of sp³-hybridized carbons (Fsp3) is 0. The second kappa shape index (κ2) is 11.8. The molecule has 2 heteroatoms. The molecule has 0 atom stereocenters. The van der Waals surface area contributed by atoms with Gasteiger partial charge in [0.1, 0.15) is 0 Å². The molecule has 0 N–H and O–H groups in total. The van der Waals surface area contributed by atoms with Gasteiger partial charge in [0.05, 0.1) is 11.4 Å². The average molecular weight is 611 g/mol. The van der Waals surface area contributed by atoms with Gasteiger partial charge in [0, 0.05) is 16.7 Å². The smallest absolute Gasteiger partial charge is 0.160 e. The molecule has 9 aromatic rings. The molecule has 2 nitrogen and oxygen atoms in total. The number of hydrogen-bond donors (Lipinski definition) is 0. The van der Waals surface area contributed by atoms with Gasteiger partial charge < -0.3 is 0 Å². The zero-order valence-corrected chi connectivity index (χ0v) is 26.2. The van der Waals surface area contributed by atoms with E-state index in [1.165, 1.54) is 54.6 Å². The Kier molecular flexibility index (Phi) is 6.84. The van der Waals surface area contributed by atoms with Crippen molar-refractivity contribution in [1.29, 1.82) is 0 Å². The van der Waals surface area contributed by atoms with Crippen molar-refractivity contribution in [3.8, 4) is 56.2 Å². The van der Waals surface area contributed by atoms with Crippen LogP contribution in [0.15, 0.2) is 182 Å². The van der Waals surface area contributed by atoms with Crippen LogP contribution in [0.3, 0.4) is 0 Å². The molecule has 0 saturated heterocycles. The molecule has 0 saturated carbocycles. The number of nitrogens with zero attached hydrogens (tertiary/aromatic N) is 2. The zero-order chi connectivity index (χ0) is 31.9. The van der Waals surface area contributed by atoms with Crippen LogP contribution in [0.5, 0.6) is 0 Å². The second-order valence-electron chi connectivity index (χ2n) is 12.2. The van der Waals surface area contributed by atoms with E-state index < -0.39 is 0 Å². The molecule has 1 heterocycles. The van der Waals surface area contributed by atoms with Gasteiger partial charge in [0.25, 0.3) is 0 Å². The Balaban J connectivity index is 1.34. The number of rotatable bonds is 5. The van der Waals surface area contributed by atoms with Gasteiger partial charge in [-0.05, 0) is 72.8 Å².